The molecule has 0 saturated heterocycles. The number of hydrogen-bond acceptors (Lipinski definition) is 2. The molecule has 2 N–H and O–H groups in total. The van der Waals surface area contributed by atoms with Crippen LogP contribution in [0.25, 0.3) is 0 Å². The van der Waals surface area contributed by atoms with Crippen molar-refractivity contribution in [3.05, 3.63) is 28.6 Å². The molecule has 1 aromatic carbocycles. The first kappa shape index (κ1) is 13.0. The van der Waals surface area contributed by atoms with Gasteiger partial charge in [0.2, 0.25) is 0 Å². The molecule has 2 nitrogen and oxygen atoms in total. The lowest BCUT2D eigenvalue weighted by molar-refractivity contribution is 0.403. The number of hydrogen-bond donors (Lipinski definition) is 1. The standard InChI is InChI=1S/C13H20FNO/c1-9-11(6-4-5-7-15)8-12(14)10(2)13(9)16-3/h8H,4-7,15H2,1-3H3. The average molecular weight is 225 g/mol. The van der Waals surface area contributed by atoms with Crippen LogP contribution >= 0.6 is 0 Å². The quantitative estimate of drug-likeness (QED) is 0.782. The molecule has 0 heterocycles. The molecule has 1 rings (SSSR count). The Morgan fingerprint density at radius 1 is 1.25 bits per heavy atom. The number of aryl methyl sites for hydroxylation is 1. The first-order chi connectivity index (χ1) is 7.61. The highest BCUT2D eigenvalue weighted by atomic mass is 19.1. The van der Waals surface area contributed by atoms with Crippen molar-refractivity contribution in [2.24, 2.45) is 5.73 Å². The van der Waals surface area contributed by atoms with Crippen LogP contribution in [-0.2, 0) is 6.42 Å². The van der Waals surface area contributed by atoms with Gasteiger partial charge in [-0.25, -0.2) is 4.39 Å². The molecule has 0 bridgehead atoms. The molecule has 3 heteroatoms. The van der Waals surface area contributed by atoms with Crippen molar-refractivity contribution in [3.63, 3.8) is 0 Å². The Kier molecular flexibility index (Phi) is 4.74. The summed E-state index contributed by atoms with van der Waals surface area (Å²) in [6, 6.07) is 1.61. The fourth-order valence-corrected chi connectivity index (χ4v) is 1.93. The second-order valence-electron chi connectivity index (χ2n) is 4.05. The smallest absolute Gasteiger partial charge is 0.130 e. The summed E-state index contributed by atoms with van der Waals surface area (Å²) < 4.78 is 18.9. The zero-order valence-electron chi connectivity index (χ0n) is 10.3. The summed E-state index contributed by atoms with van der Waals surface area (Å²) in [6.45, 7) is 4.40. The maximum absolute atomic E-state index is 13.6. The number of rotatable bonds is 5. The Morgan fingerprint density at radius 2 is 1.94 bits per heavy atom. The molecule has 0 unspecified atom stereocenters. The van der Waals surface area contributed by atoms with Gasteiger partial charge in [-0.1, -0.05) is 0 Å². The van der Waals surface area contributed by atoms with Crippen molar-refractivity contribution in [1.82, 2.24) is 0 Å². The first-order valence-electron chi connectivity index (χ1n) is 5.64. The predicted molar refractivity (Wildman–Crippen MR) is 64.4 cm³/mol. The molecule has 0 aliphatic carbocycles. The molecule has 0 spiro atoms. The fourth-order valence-electron chi connectivity index (χ4n) is 1.93. The summed E-state index contributed by atoms with van der Waals surface area (Å²) in [4.78, 5) is 0. The van der Waals surface area contributed by atoms with E-state index in [1.807, 2.05) is 6.92 Å². The lowest BCUT2D eigenvalue weighted by Crippen LogP contribution is -2.02. The van der Waals surface area contributed by atoms with Gasteiger partial charge in [-0.15, -0.1) is 0 Å². The maximum Gasteiger partial charge on any atom is 0.130 e. The van der Waals surface area contributed by atoms with Crippen molar-refractivity contribution in [2.45, 2.75) is 33.1 Å². The molecular formula is C13H20FNO. The van der Waals surface area contributed by atoms with E-state index in [0.29, 0.717) is 17.9 Å². The highest BCUT2D eigenvalue weighted by Crippen LogP contribution is 2.29. The van der Waals surface area contributed by atoms with Crippen LogP contribution in [0.3, 0.4) is 0 Å². The van der Waals surface area contributed by atoms with Gasteiger partial charge in [-0.3, -0.25) is 0 Å². The summed E-state index contributed by atoms with van der Waals surface area (Å²) in [5.74, 6) is 0.480. The van der Waals surface area contributed by atoms with E-state index >= 15 is 0 Å². The van der Waals surface area contributed by atoms with E-state index in [0.717, 1.165) is 30.4 Å². The summed E-state index contributed by atoms with van der Waals surface area (Å²) in [6.07, 6.45) is 2.82. The lowest BCUT2D eigenvalue weighted by atomic mass is 9.99. The molecule has 90 valence electrons. The van der Waals surface area contributed by atoms with Crippen LogP contribution in [0, 0.1) is 19.7 Å². The SMILES string of the molecule is COc1c(C)c(F)cc(CCCCN)c1C. The van der Waals surface area contributed by atoms with Gasteiger partial charge in [0.25, 0.3) is 0 Å². The van der Waals surface area contributed by atoms with Gasteiger partial charge in [0.05, 0.1) is 7.11 Å². The largest absolute Gasteiger partial charge is 0.496 e. The molecule has 0 saturated carbocycles. The number of unbranched alkanes of at least 4 members (excludes halogenated alkanes) is 1. The summed E-state index contributed by atoms with van der Waals surface area (Å²) >= 11 is 0. The van der Waals surface area contributed by atoms with Crippen LogP contribution in [-0.4, -0.2) is 13.7 Å². The molecule has 0 aliphatic rings. The summed E-state index contributed by atoms with van der Waals surface area (Å²) in [7, 11) is 1.58. The van der Waals surface area contributed by atoms with Gasteiger partial charge in [0.15, 0.2) is 0 Å². The number of ether oxygens (including phenoxy) is 1. The van der Waals surface area contributed by atoms with E-state index in [9.17, 15) is 4.39 Å². The second-order valence-corrected chi connectivity index (χ2v) is 4.05. The van der Waals surface area contributed by atoms with Gasteiger partial charge in [0.1, 0.15) is 11.6 Å². The number of nitrogens with two attached hydrogens (primary N) is 1. The van der Waals surface area contributed by atoms with Gasteiger partial charge >= 0.3 is 0 Å². The van der Waals surface area contributed by atoms with E-state index in [4.69, 9.17) is 10.5 Å². The van der Waals surface area contributed by atoms with Crippen LogP contribution in [0.5, 0.6) is 5.75 Å². The Hall–Kier alpha value is -1.09. The zero-order valence-corrected chi connectivity index (χ0v) is 10.3. The van der Waals surface area contributed by atoms with Crippen molar-refractivity contribution in [1.29, 1.82) is 0 Å². The van der Waals surface area contributed by atoms with E-state index < -0.39 is 0 Å². The molecule has 0 aliphatic heterocycles. The third-order valence-electron chi connectivity index (χ3n) is 2.93. The zero-order chi connectivity index (χ0) is 12.1. The number of halogens is 1. The van der Waals surface area contributed by atoms with Crippen LogP contribution < -0.4 is 10.5 Å². The number of benzene rings is 1. The summed E-state index contributed by atoms with van der Waals surface area (Å²) in [5, 5.41) is 0. The van der Waals surface area contributed by atoms with Crippen LogP contribution in [0.1, 0.15) is 29.5 Å². The first-order valence-corrected chi connectivity index (χ1v) is 5.64. The molecule has 0 fully saturated rings. The third kappa shape index (κ3) is 2.73. The minimum absolute atomic E-state index is 0.190. The topological polar surface area (TPSA) is 35.2 Å². The number of methoxy groups -OCH3 is 1. The normalized spacial score (nSPS) is 10.6. The lowest BCUT2D eigenvalue weighted by Gasteiger charge is -2.14. The fraction of sp³-hybridized carbons (Fsp3) is 0.538. The van der Waals surface area contributed by atoms with E-state index in [-0.39, 0.29) is 5.82 Å². The Bertz CT molecular complexity index is 363. The van der Waals surface area contributed by atoms with Crippen molar-refractivity contribution in [3.8, 4) is 5.75 Å². The Balaban J connectivity index is 2.96. The van der Waals surface area contributed by atoms with Crippen LogP contribution in [0.2, 0.25) is 0 Å². The molecule has 1 aromatic rings. The maximum atomic E-state index is 13.6. The highest BCUT2D eigenvalue weighted by molar-refractivity contribution is 5.46. The molecular weight excluding hydrogens is 205 g/mol. The van der Waals surface area contributed by atoms with Gasteiger partial charge in [-0.2, -0.15) is 0 Å². The average Bonchev–Trinajstić information content (AvgIpc) is 2.26. The second kappa shape index (κ2) is 5.85. The predicted octanol–water partition coefficient (Wildman–Crippen LogP) is 2.73. The van der Waals surface area contributed by atoms with Gasteiger partial charge in [0, 0.05) is 5.56 Å². The van der Waals surface area contributed by atoms with Crippen molar-refractivity contribution >= 4 is 0 Å². The van der Waals surface area contributed by atoms with Crippen molar-refractivity contribution in [2.75, 3.05) is 13.7 Å². The van der Waals surface area contributed by atoms with Gasteiger partial charge < -0.3 is 10.5 Å². The van der Waals surface area contributed by atoms with E-state index in [1.165, 1.54) is 0 Å². The molecule has 0 radical (unpaired) electrons. The van der Waals surface area contributed by atoms with Crippen LogP contribution in [0.4, 0.5) is 4.39 Å². The van der Waals surface area contributed by atoms with Crippen molar-refractivity contribution < 1.29 is 9.13 Å². The van der Waals surface area contributed by atoms with E-state index in [2.05, 4.69) is 0 Å². The van der Waals surface area contributed by atoms with Crippen LogP contribution in [0.15, 0.2) is 6.07 Å². The monoisotopic (exact) mass is 225 g/mol. The van der Waals surface area contributed by atoms with E-state index in [1.54, 1.807) is 20.1 Å². The Morgan fingerprint density at radius 3 is 2.50 bits per heavy atom. The Labute approximate surface area is 96.6 Å². The highest BCUT2D eigenvalue weighted by Gasteiger charge is 2.12. The minimum Gasteiger partial charge on any atom is -0.496 e. The third-order valence-corrected chi connectivity index (χ3v) is 2.93. The van der Waals surface area contributed by atoms with Gasteiger partial charge in [-0.05, 0) is 56.8 Å². The molecule has 0 atom stereocenters. The summed E-state index contributed by atoms with van der Waals surface area (Å²) in [5.41, 5.74) is 8.09. The molecule has 16 heavy (non-hydrogen) atoms. The minimum atomic E-state index is -0.190. The molecule has 0 amide bonds. The molecule has 0 aromatic heterocycles.